The summed E-state index contributed by atoms with van der Waals surface area (Å²) in [5.41, 5.74) is -0.321. The van der Waals surface area contributed by atoms with Gasteiger partial charge in [-0.05, 0) is 35.9 Å². The minimum atomic E-state index is -0.792. The molecule has 0 aromatic heterocycles. The first-order valence-electron chi connectivity index (χ1n) is 8.99. The highest BCUT2D eigenvalue weighted by atomic mass is 19.1. The molecule has 0 N–H and O–H groups in total. The number of hydrogen-bond acceptors (Lipinski definition) is 7. The number of nitriles is 1. The van der Waals surface area contributed by atoms with E-state index in [1.54, 1.807) is 12.1 Å². The van der Waals surface area contributed by atoms with Crippen molar-refractivity contribution in [3.8, 4) is 23.3 Å². The number of rotatable bonds is 7. The highest BCUT2D eigenvalue weighted by Crippen LogP contribution is 2.38. The van der Waals surface area contributed by atoms with Crippen molar-refractivity contribution in [1.29, 1.82) is 5.26 Å². The van der Waals surface area contributed by atoms with Gasteiger partial charge < -0.3 is 9.47 Å². The lowest BCUT2D eigenvalue weighted by Gasteiger charge is -2.11. The number of nitro benzene ring substituents is 2. The summed E-state index contributed by atoms with van der Waals surface area (Å²) in [5.74, 6) is -0.479. The Balaban J connectivity index is 1.98. The molecule has 0 fully saturated rings. The first kappa shape index (κ1) is 21.9. The average molecular weight is 435 g/mol. The Morgan fingerprint density at radius 3 is 2.34 bits per heavy atom. The average Bonchev–Trinajstić information content (AvgIpc) is 2.78. The lowest BCUT2D eigenvalue weighted by atomic mass is 10.0. The van der Waals surface area contributed by atoms with E-state index < -0.39 is 27.0 Å². The molecule has 3 rings (SSSR count). The standard InChI is InChI=1S/C22H14FN3O6/c1-31-22-11-14(10-15(13-24)17-4-2-3-5-18(17)23)6-8-21(22)32-20-9-7-16(25(27)28)12-19(20)26(29)30/h2-12H,1H3. The van der Waals surface area contributed by atoms with Gasteiger partial charge in [0.2, 0.25) is 5.75 Å². The Labute approximate surface area is 180 Å². The topological polar surface area (TPSA) is 129 Å². The molecule has 160 valence electrons. The van der Waals surface area contributed by atoms with E-state index in [4.69, 9.17) is 9.47 Å². The molecule has 32 heavy (non-hydrogen) atoms. The molecule has 9 nitrogen and oxygen atoms in total. The van der Waals surface area contributed by atoms with Gasteiger partial charge in [0.1, 0.15) is 5.82 Å². The molecule has 0 unspecified atom stereocenters. The molecule has 0 radical (unpaired) electrons. The van der Waals surface area contributed by atoms with Crippen molar-refractivity contribution in [1.82, 2.24) is 0 Å². The molecule has 0 bridgehead atoms. The monoisotopic (exact) mass is 435 g/mol. The van der Waals surface area contributed by atoms with Crippen molar-refractivity contribution in [2.45, 2.75) is 0 Å². The minimum Gasteiger partial charge on any atom is -0.493 e. The smallest absolute Gasteiger partial charge is 0.318 e. The number of non-ortho nitro benzene ring substituents is 1. The Morgan fingerprint density at radius 2 is 1.72 bits per heavy atom. The van der Waals surface area contributed by atoms with E-state index in [0.717, 1.165) is 18.2 Å². The van der Waals surface area contributed by atoms with E-state index in [-0.39, 0.29) is 28.4 Å². The van der Waals surface area contributed by atoms with Gasteiger partial charge in [-0.2, -0.15) is 5.26 Å². The van der Waals surface area contributed by atoms with E-state index in [0.29, 0.717) is 5.56 Å². The van der Waals surface area contributed by atoms with Gasteiger partial charge in [-0.15, -0.1) is 0 Å². The SMILES string of the molecule is COc1cc(C=C(C#N)c2ccccc2F)ccc1Oc1ccc([N+](=O)[O-])cc1[N+](=O)[O-]. The number of halogens is 1. The Bertz CT molecular complexity index is 1280. The first-order chi connectivity index (χ1) is 15.3. The first-order valence-corrected chi connectivity index (χ1v) is 8.99. The fourth-order valence-corrected chi connectivity index (χ4v) is 2.84. The molecule has 0 saturated carbocycles. The van der Waals surface area contributed by atoms with Gasteiger partial charge >= 0.3 is 5.69 Å². The van der Waals surface area contributed by atoms with Crippen LogP contribution in [-0.4, -0.2) is 17.0 Å². The van der Waals surface area contributed by atoms with Crippen LogP contribution in [-0.2, 0) is 0 Å². The molecule has 0 amide bonds. The highest BCUT2D eigenvalue weighted by Gasteiger charge is 2.22. The fraction of sp³-hybridized carbons (Fsp3) is 0.0455. The minimum absolute atomic E-state index is 0.0878. The molecule has 0 aliphatic carbocycles. The summed E-state index contributed by atoms with van der Waals surface area (Å²) in [6, 6.07) is 15.3. The summed E-state index contributed by atoms with van der Waals surface area (Å²) in [6.07, 6.45) is 1.46. The van der Waals surface area contributed by atoms with Crippen LogP contribution < -0.4 is 9.47 Å². The van der Waals surface area contributed by atoms with Crippen LogP contribution in [0.15, 0.2) is 60.7 Å². The van der Waals surface area contributed by atoms with Crippen LogP contribution in [0.25, 0.3) is 11.6 Å². The maximum Gasteiger partial charge on any atom is 0.318 e. The molecule has 3 aromatic rings. The van der Waals surface area contributed by atoms with Gasteiger partial charge in [0.05, 0.1) is 34.7 Å². The number of nitro groups is 2. The van der Waals surface area contributed by atoms with E-state index in [2.05, 4.69) is 0 Å². The number of methoxy groups -OCH3 is 1. The number of nitrogens with zero attached hydrogens (tertiary/aromatic N) is 3. The number of hydrogen-bond donors (Lipinski definition) is 0. The van der Waals surface area contributed by atoms with Crippen LogP contribution in [0.3, 0.4) is 0 Å². The van der Waals surface area contributed by atoms with E-state index >= 15 is 0 Å². The molecular formula is C22H14FN3O6. The van der Waals surface area contributed by atoms with E-state index in [1.165, 1.54) is 43.5 Å². The molecular weight excluding hydrogens is 421 g/mol. The van der Waals surface area contributed by atoms with Crippen molar-refractivity contribution in [2.75, 3.05) is 7.11 Å². The van der Waals surface area contributed by atoms with Crippen LogP contribution in [0.4, 0.5) is 15.8 Å². The van der Waals surface area contributed by atoms with Gasteiger partial charge in [-0.25, -0.2) is 4.39 Å². The van der Waals surface area contributed by atoms with Gasteiger partial charge in [-0.1, -0.05) is 24.3 Å². The predicted molar refractivity (Wildman–Crippen MR) is 113 cm³/mol. The Hall–Kier alpha value is -4.78. The molecule has 3 aromatic carbocycles. The third-order valence-electron chi connectivity index (χ3n) is 4.35. The van der Waals surface area contributed by atoms with Crippen molar-refractivity contribution in [3.05, 3.63) is 97.8 Å². The third-order valence-corrected chi connectivity index (χ3v) is 4.35. The zero-order chi connectivity index (χ0) is 23.3. The van der Waals surface area contributed by atoms with Crippen molar-refractivity contribution in [3.63, 3.8) is 0 Å². The molecule has 0 heterocycles. The van der Waals surface area contributed by atoms with Crippen LogP contribution in [0, 0.1) is 37.4 Å². The molecule has 0 aliphatic heterocycles. The highest BCUT2D eigenvalue weighted by molar-refractivity contribution is 5.90. The van der Waals surface area contributed by atoms with Crippen LogP contribution >= 0.6 is 0 Å². The van der Waals surface area contributed by atoms with Crippen LogP contribution in [0.1, 0.15) is 11.1 Å². The number of ether oxygens (including phenoxy) is 2. The van der Waals surface area contributed by atoms with Crippen molar-refractivity contribution < 1.29 is 23.7 Å². The third kappa shape index (κ3) is 4.68. The lowest BCUT2D eigenvalue weighted by Crippen LogP contribution is -1.97. The van der Waals surface area contributed by atoms with Crippen LogP contribution in [0.2, 0.25) is 0 Å². The summed E-state index contributed by atoms with van der Waals surface area (Å²) in [7, 11) is 1.35. The van der Waals surface area contributed by atoms with Gasteiger partial charge in [0.25, 0.3) is 5.69 Å². The maximum atomic E-state index is 14.0. The molecule has 10 heteroatoms. The van der Waals surface area contributed by atoms with Gasteiger partial charge in [-0.3, -0.25) is 20.2 Å². The van der Waals surface area contributed by atoms with Gasteiger partial charge in [0, 0.05) is 11.6 Å². The van der Waals surface area contributed by atoms with E-state index in [1.807, 2.05) is 6.07 Å². The van der Waals surface area contributed by atoms with Crippen molar-refractivity contribution >= 4 is 23.0 Å². The predicted octanol–water partition coefficient (Wildman–Crippen LogP) is 5.51. The Kier molecular flexibility index (Phi) is 6.41. The summed E-state index contributed by atoms with van der Waals surface area (Å²) in [5, 5.41) is 31.6. The number of benzene rings is 3. The normalized spacial score (nSPS) is 10.8. The zero-order valence-corrected chi connectivity index (χ0v) is 16.5. The largest absolute Gasteiger partial charge is 0.493 e. The van der Waals surface area contributed by atoms with Gasteiger partial charge in [0.15, 0.2) is 11.5 Å². The summed E-state index contributed by atoms with van der Waals surface area (Å²) in [4.78, 5) is 20.7. The number of allylic oxidation sites excluding steroid dienone is 1. The maximum absolute atomic E-state index is 14.0. The molecule has 0 atom stereocenters. The second-order valence-corrected chi connectivity index (χ2v) is 6.33. The second kappa shape index (κ2) is 9.36. The summed E-state index contributed by atoms with van der Waals surface area (Å²) < 4.78 is 24.9. The van der Waals surface area contributed by atoms with Crippen molar-refractivity contribution in [2.24, 2.45) is 0 Å². The quantitative estimate of drug-likeness (QED) is 0.207. The molecule has 0 aliphatic rings. The summed E-state index contributed by atoms with van der Waals surface area (Å²) in [6.45, 7) is 0. The second-order valence-electron chi connectivity index (χ2n) is 6.33. The molecule has 0 spiro atoms. The zero-order valence-electron chi connectivity index (χ0n) is 16.5. The van der Waals surface area contributed by atoms with E-state index in [9.17, 15) is 29.9 Å². The fourth-order valence-electron chi connectivity index (χ4n) is 2.84. The lowest BCUT2D eigenvalue weighted by molar-refractivity contribution is -0.394. The summed E-state index contributed by atoms with van der Waals surface area (Å²) >= 11 is 0. The van der Waals surface area contributed by atoms with Crippen LogP contribution in [0.5, 0.6) is 17.2 Å². The molecule has 0 saturated heterocycles. The Morgan fingerprint density at radius 1 is 1.00 bits per heavy atom.